The number of benzene rings is 1. The molecule has 0 atom stereocenters. The van der Waals surface area contributed by atoms with Crippen LogP contribution in [-0.2, 0) is 9.63 Å². The molecule has 1 aromatic carbocycles. The van der Waals surface area contributed by atoms with Crippen LogP contribution >= 0.6 is 15.9 Å². The van der Waals surface area contributed by atoms with Gasteiger partial charge in [-0.15, -0.1) is 0 Å². The number of rotatable bonds is 4. The monoisotopic (exact) mass is 354 g/mol. The fourth-order valence-corrected chi connectivity index (χ4v) is 2.40. The third-order valence-corrected chi connectivity index (χ3v) is 3.38. The zero-order valence-corrected chi connectivity index (χ0v) is 13.8. The van der Waals surface area contributed by atoms with Crippen molar-refractivity contribution in [3.63, 3.8) is 0 Å². The highest BCUT2D eigenvalue weighted by molar-refractivity contribution is 9.10. The lowest BCUT2D eigenvalue weighted by Crippen LogP contribution is -2.32. The van der Waals surface area contributed by atoms with Crippen LogP contribution in [0.2, 0.25) is 0 Å². The molecule has 1 aliphatic heterocycles. The van der Waals surface area contributed by atoms with E-state index in [-0.39, 0.29) is 18.6 Å². The molecule has 1 aromatic rings. The van der Waals surface area contributed by atoms with Gasteiger partial charge in [-0.3, -0.25) is 4.79 Å². The van der Waals surface area contributed by atoms with Crippen molar-refractivity contribution in [2.45, 2.75) is 32.7 Å². The van der Waals surface area contributed by atoms with E-state index in [0.717, 1.165) is 34.3 Å². The van der Waals surface area contributed by atoms with E-state index in [1.165, 1.54) is 0 Å². The number of halogens is 1. The molecular formula is C15H19BrN2O3. The van der Waals surface area contributed by atoms with Crippen LogP contribution in [-0.4, -0.2) is 30.9 Å². The largest absolute Gasteiger partial charge is 0.493 e. The first-order chi connectivity index (χ1) is 10.1. The Morgan fingerprint density at radius 2 is 2.33 bits per heavy atom. The highest BCUT2D eigenvalue weighted by Crippen LogP contribution is 2.27. The van der Waals surface area contributed by atoms with E-state index in [9.17, 15) is 4.79 Å². The number of ether oxygens (including phenoxy) is 1. The summed E-state index contributed by atoms with van der Waals surface area (Å²) in [7, 11) is 0. The molecule has 1 N–H and O–H groups in total. The molecule has 0 saturated carbocycles. The average Bonchev–Trinajstić information content (AvgIpc) is 2.60. The minimum absolute atomic E-state index is 0.0775. The van der Waals surface area contributed by atoms with E-state index < -0.39 is 0 Å². The van der Waals surface area contributed by atoms with Gasteiger partial charge in [0.15, 0.2) is 6.61 Å². The number of oxime groups is 1. The molecule has 0 bridgehead atoms. The Balaban J connectivity index is 2.07. The Morgan fingerprint density at radius 1 is 1.52 bits per heavy atom. The van der Waals surface area contributed by atoms with Gasteiger partial charge >= 0.3 is 0 Å². The number of nitrogens with zero attached hydrogens (tertiary/aromatic N) is 1. The Hall–Kier alpha value is -1.56. The molecule has 21 heavy (non-hydrogen) atoms. The van der Waals surface area contributed by atoms with Gasteiger partial charge < -0.3 is 14.9 Å². The summed E-state index contributed by atoms with van der Waals surface area (Å²) in [6.45, 7) is 4.38. The average molecular weight is 355 g/mol. The van der Waals surface area contributed by atoms with Crippen molar-refractivity contribution >= 4 is 27.5 Å². The summed E-state index contributed by atoms with van der Waals surface area (Å²) in [5, 5.41) is 6.88. The second-order valence-electron chi connectivity index (χ2n) is 5.13. The van der Waals surface area contributed by atoms with Gasteiger partial charge in [0, 0.05) is 16.1 Å². The molecule has 1 heterocycles. The maximum absolute atomic E-state index is 11.5. The number of nitrogens with one attached hydrogen (secondary N) is 1. The molecule has 2 rings (SSSR count). The molecule has 0 radical (unpaired) electrons. The molecule has 0 fully saturated rings. The van der Waals surface area contributed by atoms with Crippen molar-refractivity contribution in [3.05, 3.63) is 28.2 Å². The summed E-state index contributed by atoms with van der Waals surface area (Å²) in [4.78, 5) is 16.7. The molecule has 0 aromatic heterocycles. The van der Waals surface area contributed by atoms with Crippen LogP contribution in [0.3, 0.4) is 0 Å². The lowest BCUT2D eigenvalue weighted by molar-refractivity contribution is -0.126. The molecule has 0 unspecified atom stereocenters. The van der Waals surface area contributed by atoms with E-state index in [1.807, 2.05) is 32.0 Å². The van der Waals surface area contributed by atoms with E-state index in [2.05, 4.69) is 26.4 Å². The van der Waals surface area contributed by atoms with E-state index >= 15 is 0 Å². The first-order valence-corrected chi connectivity index (χ1v) is 7.76. The molecule has 1 amide bonds. The highest BCUT2D eigenvalue weighted by Gasteiger charge is 2.16. The summed E-state index contributed by atoms with van der Waals surface area (Å²) in [6.07, 6.45) is 1.63. The second-order valence-corrected chi connectivity index (χ2v) is 6.04. The quantitative estimate of drug-likeness (QED) is 0.845. The normalized spacial score (nSPS) is 16.1. The third-order valence-electron chi connectivity index (χ3n) is 2.89. The number of carbonyl (C=O) groups is 1. The molecule has 6 heteroatoms. The fraction of sp³-hybridized carbons (Fsp3) is 0.467. The highest BCUT2D eigenvalue weighted by atomic mass is 79.9. The predicted molar refractivity (Wildman–Crippen MR) is 84.6 cm³/mol. The molecule has 0 aliphatic carbocycles. The summed E-state index contributed by atoms with van der Waals surface area (Å²) in [5.74, 6) is 0.623. The Kier molecular flexibility index (Phi) is 5.61. The predicted octanol–water partition coefficient (Wildman–Crippen LogP) is 2.87. The van der Waals surface area contributed by atoms with Gasteiger partial charge in [0.1, 0.15) is 5.75 Å². The maximum atomic E-state index is 11.5. The maximum Gasteiger partial charge on any atom is 0.260 e. The van der Waals surface area contributed by atoms with E-state index in [1.54, 1.807) is 0 Å². The number of hydrogen-bond acceptors (Lipinski definition) is 4. The first kappa shape index (κ1) is 15.8. The van der Waals surface area contributed by atoms with E-state index in [4.69, 9.17) is 9.57 Å². The topological polar surface area (TPSA) is 59.9 Å². The van der Waals surface area contributed by atoms with Gasteiger partial charge in [0.05, 0.1) is 12.3 Å². The summed E-state index contributed by atoms with van der Waals surface area (Å²) in [6, 6.07) is 5.89. The number of fused-ring (bicyclic) bond motifs is 1. The standard InChI is InChI=1S/C15H19BrN2O3/c1-10(2)17-15(19)9-21-18-13-4-3-7-20-14-6-5-11(16)8-12(13)14/h5-6,8,10H,3-4,7,9H2,1-2H3,(H,17,19). The van der Waals surface area contributed by atoms with Crippen LogP contribution in [0.25, 0.3) is 0 Å². The van der Waals surface area contributed by atoms with Crippen LogP contribution < -0.4 is 10.1 Å². The van der Waals surface area contributed by atoms with Crippen LogP contribution in [0.1, 0.15) is 32.3 Å². The van der Waals surface area contributed by atoms with Gasteiger partial charge in [0.25, 0.3) is 5.91 Å². The minimum atomic E-state index is -0.173. The summed E-state index contributed by atoms with van der Waals surface area (Å²) >= 11 is 3.45. The third kappa shape index (κ3) is 4.74. The van der Waals surface area contributed by atoms with Gasteiger partial charge in [-0.2, -0.15) is 0 Å². The Bertz CT molecular complexity index is 544. The van der Waals surface area contributed by atoms with Crippen LogP contribution in [0, 0.1) is 0 Å². The number of hydrogen-bond donors (Lipinski definition) is 1. The van der Waals surface area contributed by atoms with E-state index in [0.29, 0.717) is 6.61 Å². The van der Waals surface area contributed by atoms with Gasteiger partial charge in [-0.05, 0) is 44.9 Å². The van der Waals surface area contributed by atoms with Gasteiger partial charge in [0.2, 0.25) is 0 Å². The minimum Gasteiger partial charge on any atom is -0.493 e. The van der Waals surface area contributed by atoms with Crippen molar-refractivity contribution in [1.82, 2.24) is 5.32 Å². The lowest BCUT2D eigenvalue weighted by Gasteiger charge is -2.09. The van der Waals surface area contributed by atoms with Crippen molar-refractivity contribution < 1.29 is 14.4 Å². The molecule has 114 valence electrons. The van der Waals surface area contributed by atoms with Crippen molar-refractivity contribution in [2.75, 3.05) is 13.2 Å². The summed E-state index contributed by atoms with van der Waals surface area (Å²) < 4.78 is 6.63. The first-order valence-electron chi connectivity index (χ1n) is 6.97. The molecule has 5 nitrogen and oxygen atoms in total. The second kappa shape index (κ2) is 7.45. The smallest absolute Gasteiger partial charge is 0.260 e. The molecule has 0 saturated heterocycles. The van der Waals surface area contributed by atoms with Crippen LogP contribution in [0.4, 0.5) is 0 Å². The molecular weight excluding hydrogens is 336 g/mol. The van der Waals surface area contributed by atoms with Crippen molar-refractivity contribution in [2.24, 2.45) is 5.16 Å². The number of carbonyl (C=O) groups excluding carboxylic acids is 1. The van der Waals surface area contributed by atoms with Crippen molar-refractivity contribution in [3.8, 4) is 5.75 Å². The lowest BCUT2D eigenvalue weighted by atomic mass is 10.1. The van der Waals surface area contributed by atoms with Crippen molar-refractivity contribution in [1.29, 1.82) is 0 Å². The Labute approximate surface area is 132 Å². The zero-order valence-electron chi connectivity index (χ0n) is 12.2. The zero-order chi connectivity index (χ0) is 15.2. The van der Waals surface area contributed by atoms with Crippen LogP contribution in [0.5, 0.6) is 5.75 Å². The summed E-state index contributed by atoms with van der Waals surface area (Å²) in [5.41, 5.74) is 1.72. The van der Waals surface area contributed by atoms with Gasteiger partial charge in [-0.25, -0.2) is 0 Å². The molecule has 1 aliphatic rings. The Morgan fingerprint density at radius 3 is 3.10 bits per heavy atom. The number of amides is 1. The van der Waals surface area contributed by atoms with Gasteiger partial charge in [-0.1, -0.05) is 21.1 Å². The molecule has 0 spiro atoms. The van der Waals surface area contributed by atoms with Crippen LogP contribution in [0.15, 0.2) is 27.8 Å². The SMILES string of the molecule is CC(C)NC(=O)CON=C1CCCOc2ccc(Br)cc21. The fourth-order valence-electron chi connectivity index (χ4n) is 2.04.